The third-order valence-electron chi connectivity index (χ3n) is 22.4. The Bertz CT molecular complexity index is 2120. The van der Waals surface area contributed by atoms with Crippen molar-refractivity contribution in [1.29, 1.82) is 0 Å². The largest absolute Gasteiger partial charge is 0.472 e. The number of esters is 4. The lowest BCUT2D eigenvalue weighted by Gasteiger charge is -2.21. The standard InChI is InChI=1S/C93H182O17P2/c1-6-10-13-16-19-22-25-27-29-31-33-34-35-40-43-47-52-57-62-67-72-77-91(96)104-83-89(110-93(98)79-74-69-64-59-54-49-45-41-37-36-38-42-46-51-55-60-65-70-75-86(5)9-4)85-108-112(101,102)106-81-87(94)80-105-111(99,100)107-84-88(82-103-90(95)76-71-66-61-56-50-24-21-18-15-12-8-3)109-92(97)78-73-68-63-58-53-48-44-39-32-30-28-26-23-20-17-14-11-7-2/h86-89,94H,6-85H2,1-5H3,(H,99,100)(H,101,102)/t86?,87-,88+,89+/m0/s1. The Morgan fingerprint density at radius 3 is 0.634 bits per heavy atom. The van der Waals surface area contributed by atoms with Gasteiger partial charge in [0.2, 0.25) is 0 Å². The van der Waals surface area contributed by atoms with Crippen LogP contribution in [-0.2, 0) is 65.4 Å². The third-order valence-corrected chi connectivity index (χ3v) is 24.3. The molecule has 0 aliphatic carbocycles. The van der Waals surface area contributed by atoms with Crippen molar-refractivity contribution in [1.82, 2.24) is 0 Å². The lowest BCUT2D eigenvalue weighted by atomic mass is 9.99. The molecule has 0 amide bonds. The zero-order valence-corrected chi connectivity index (χ0v) is 75.6. The second-order valence-electron chi connectivity index (χ2n) is 33.6. The molecule has 3 N–H and O–H groups in total. The van der Waals surface area contributed by atoms with Crippen LogP contribution in [0.2, 0.25) is 0 Å². The number of rotatable bonds is 93. The van der Waals surface area contributed by atoms with Gasteiger partial charge in [-0.2, -0.15) is 0 Å². The van der Waals surface area contributed by atoms with Gasteiger partial charge in [-0.3, -0.25) is 37.3 Å². The molecule has 6 atom stereocenters. The summed E-state index contributed by atoms with van der Waals surface area (Å²) >= 11 is 0. The number of ether oxygens (including phenoxy) is 4. The summed E-state index contributed by atoms with van der Waals surface area (Å²) in [7, 11) is -9.94. The van der Waals surface area contributed by atoms with Gasteiger partial charge in [0.05, 0.1) is 26.4 Å². The Balaban J connectivity index is 5.22. The van der Waals surface area contributed by atoms with Gasteiger partial charge < -0.3 is 33.8 Å². The Morgan fingerprint density at radius 1 is 0.250 bits per heavy atom. The van der Waals surface area contributed by atoms with E-state index >= 15 is 0 Å². The molecular weight excluding hydrogens is 1450 g/mol. The summed E-state index contributed by atoms with van der Waals surface area (Å²) in [6.45, 7) is 7.47. The van der Waals surface area contributed by atoms with Gasteiger partial charge in [-0.25, -0.2) is 9.13 Å². The maximum absolute atomic E-state index is 13.2. The van der Waals surface area contributed by atoms with Crippen molar-refractivity contribution >= 4 is 39.5 Å². The molecule has 0 aromatic rings. The van der Waals surface area contributed by atoms with Crippen LogP contribution >= 0.6 is 15.6 Å². The summed E-state index contributed by atoms with van der Waals surface area (Å²) in [6.07, 6.45) is 82.0. The fourth-order valence-electron chi connectivity index (χ4n) is 14.7. The van der Waals surface area contributed by atoms with Gasteiger partial charge >= 0.3 is 39.5 Å². The lowest BCUT2D eigenvalue weighted by Crippen LogP contribution is -2.30. The smallest absolute Gasteiger partial charge is 0.462 e. The molecule has 17 nitrogen and oxygen atoms in total. The molecule has 0 bridgehead atoms. The van der Waals surface area contributed by atoms with E-state index in [2.05, 4.69) is 34.6 Å². The summed E-state index contributed by atoms with van der Waals surface area (Å²) in [5.41, 5.74) is 0. The molecule has 0 rings (SSSR count). The van der Waals surface area contributed by atoms with Crippen LogP contribution < -0.4 is 0 Å². The fraction of sp³-hybridized carbons (Fsp3) is 0.957. The molecule has 0 heterocycles. The number of phosphoric ester groups is 2. The highest BCUT2D eigenvalue weighted by atomic mass is 31.2. The maximum atomic E-state index is 13.2. The summed E-state index contributed by atoms with van der Waals surface area (Å²) < 4.78 is 69.1. The molecule has 0 fully saturated rings. The highest BCUT2D eigenvalue weighted by molar-refractivity contribution is 7.47. The summed E-state index contributed by atoms with van der Waals surface area (Å²) in [5, 5.41) is 10.7. The first kappa shape index (κ1) is 110. The molecular formula is C93H182O17P2. The first-order valence-corrected chi connectivity index (χ1v) is 51.2. The topological polar surface area (TPSA) is 237 Å². The Labute approximate surface area is 689 Å². The molecule has 112 heavy (non-hydrogen) atoms. The normalized spacial score (nSPS) is 13.9. The number of hydrogen-bond acceptors (Lipinski definition) is 15. The van der Waals surface area contributed by atoms with Crippen molar-refractivity contribution in [3.05, 3.63) is 0 Å². The Kier molecular flexibility index (Phi) is 84.0. The molecule has 3 unspecified atom stereocenters. The summed E-state index contributed by atoms with van der Waals surface area (Å²) in [4.78, 5) is 73.5. The molecule has 0 aliphatic rings. The Hall–Kier alpha value is -1.94. The van der Waals surface area contributed by atoms with Crippen molar-refractivity contribution in [2.45, 2.75) is 528 Å². The van der Waals surface area contributed by atoms with Crippen molar-refractivity contribution in [3.63, 3.8) is 0 Å². The van der Waals surface area contributed by atoms with Crippen LogP contribution in [0.4, 0.5) is 0 Å². The first-order valence-electron chi connectivity index (χ1n) is 48.2. The number of carbonyl (C=O) groups excluding carboxylic acids is 4. The van der Waals surface area contributed by atoms with Crippen LogP contribution in [0.5, 0.6) is 0 Å². The number of aliphatic hydroxyl groups excluding tert-OH is 1. The first-order chi connectivity index (χ1) is 54.6. The minimum atomic E-state index is -4.97. The summed E-state index contributed by atoms with van der Waals surface area (Å²) in [5.74, 6) is -1.22. The van der Waals surface area contributed by atoms with E-state index in [1.807, 2.05) is 0 Å². The van der Waals surface area contributed by atoms with E-state index in [0.29, 0.717) is 25.7 Å². The molecule has 0 saturated carbocycles. The average molecular weight is 1630 g/mol. The van der Waals surface area contributed by atoms with E-state index in [1.165, 1.54) is 334 Å². The van der Waals surface area contributed by atoms with E-state index in [4.69, 9.17) is 37.0 Å². The van der Waals surface area contributed by atoms with E-state index in [-0.39, 0.29) is 25.7 Å². The van der Waals surface area contributed by atoms with Crippen LogP contribution in [-0.4, -0.2) is 96.7 Å². The monoisotopic (exact) mass is 1630 g/mol. The van der Waals surface area contributed by atoms with Crippen molar-refractivity contribution in [2.24, 2.45) is 5.92 Å². The van der Waals surface area contributed by atoms with Crippen LogP contribution in [0.1, 0.15) is 510 Å². The van der Waals surface area contributed by atoms with Gasteiger partial charge in [0.15, 0.2) is 12.2 Å². The fourth-order valence-corrected chi connectivity index (χ4v) is 16.3. The van der Waals surface area contributed by atoms with Crippen LogP contribution in [0.3, 0.4) is 0 Å². The molecule has 666 valence electrons. The molecule has 0 saturated heterocycles. The van der Waals surface area contributed by atoms with Crippen LogP contribution in [0.25, 0.3) is 0 Å². The van der Waals surface area contributed by atoms with Gasteiger partial charge in [0.1, 0.15) is 19.3 Å². The highest BCUT2D eigenvalue weighted by Gasteiger charge is 2.31. The Morgan fingerprint density at radius 2 is 0.429 bits per heavy atom. The van der Waals surface area contributed by atoms with Crippen LogP contribution in [0.15, 0.2) is 0 Å². The third kappa shape index (κ3) is 84.5. The highest BCUT2D eigenvalue weighted by Crippen LogP contribution is 2.45. The van der Waals surface area contributed by atoms with E-state index in [9.17, 15) is 43.2 Å². The lowest BCUT2D eigenvalue weighted by molar-refractivity contribution is -0.161. The second-order valence-corrected chi connectivity index (χ2v) is 36.6. The van der Waals surface area contributed by atoms with Crippen LogP contribution in [0, 0.1) is 5.92 Å². The predicted octanol–water partition coefficient (Wildman–Crippen LogP) is 29.1. The van der Waals surface area contributed by atoms with Gasteiger partial charge in [-0.15, -0.1) is 0 Å². The van der Waals surface area contributed by atoms with Crippen molar-refractivity contribution in [2.75, 3.05) is 39.6 Å². The molecule has 19 heteroatoms. The number of phosphoric acid groups is 2. The second kappa shape index (κ2) is 85.5. The average Bonchev–Trinajstić information content (AvgIpc) is 0.902. The van der Waals surface area contributed by atoms with Gasteiger partial charge in [-0.1, -0.05) is 458 Å². The minimum Gasteiger partial charge on any atom is -0.462 e. The molecule has 0 spiro atoms. The SMILES string of the molecule is CCCCCCCCCCCCCCCCCCCCCCCC(=O)OC[C@H](COP(=O)(O)OC[C@@H](O)COP(=O)(O)OC[C@@H](COC(=O)CCCCCCCCCCCCC)OC(=O)CCCCCCCCCCCCCCCCCCCC)OC(=O)CCCCCCCCCCCCCCCCCCCCC(C)CC. The van der Waals surface area contributed by atoms with Gasteiger partial charge in [0.25, 0.3) is 0 Å². The van der Waals surface area contributed by atoms with E-state index in [1.54, 1.807) is 0 Å². The number of hydrogen-bond donors (Lipinski definition) is 3. The minimum absolute atomic E-state index is 0.109. The molecule has 0 aromatic carbocycles. The number of aliphatic hydroxyl groups is 1. The number of carbonyl (C=O) groups is 4. The molecule has 0 aliphatic heterocycles. The zero-order chi connectivity index (χ0) is 81.8. The summed E-state index contributed by atoms with van der Waals surface area (Å²) in [6, 6.07) is 0. The predicted molar refractivity (Wildman–Crippen MR) is 465 cm³/mol. The van der Waals surface area contributed by atoms with Gasteiger partial charge in [-0.05, 0) is 31.6 Å². The van der Waals surface area contributed by atoms with Crippen molar-refractivity contribution in [3.8, 4) is 0 Å². The van der Waals surface area contributed by atoms with E-state index < -0.39 is 97.5 Å². The quantitative estimate of drug-likeness (QED) is 0.0222. The van der Waals surface area contributed by atoms with Gasteiger partial charge in [0, 0.05) is 25.7 Å². The number of unbranched alkanes of at least 4 members (excludes halogenated alkanes) is 64. The molecule has 0 aromatic heterocycles. The van der Waals surface area contributed by atoms with E-state index in [0.717, 1.165) is 95.8 Å². The molecule has 0 radical (unpaired) electrons. The maximum Gasteiger partial charge on any atom is 0.472 e. The van der Waals surface area contributed by atoms with Crippen molar-refractivity contribution < 1.29 is 80.2 Å². The zero-order valence-electron chi connectivity index (χ0n) is 73.8.